The predicted molar refractivity (Wildman–Crippen MR) is 108 cm³/mol. The van der Waals surface area contributed by atoms with Crippen molar-refractivity contribution in [3.8, 4) is 0 Å². The van der Waals surface area contributed by atoms with Gasteiger partial charge >= 0.3 is 5.97 Å². The van der Waals surface area contributed by atoms with Crippen molar-refractivity contribution in [3.63, 3.8) is 0 Å². The molecule has 4 rings (SSSR count). The number of rotatable bonds is 6. The maximum Gasteiger partial charge on any atom is 0.374 e. The van der Waals surface area contributed by atoms with Crippen LogP contribution in [-0.2, 0) is 26.0 Å². The number of carbonyl (C=O) groups excluding carboxylic acids is 2. The average Bonchev–Trinajstić information content (AvgIpc) is 3.42. The van der Waals surface area contributed by atoms with E-state index in [0.29, 0.717) is 11.3 Å². The van der Waals surface area contributed by atoms with Crippen molar-refractivity contribution < 1.29 is 31.7 Å². The second-order valence-corrected chi connectivity index (χ2v) is 8.80. The molecular weight excluding hydrogens is 426 g/mol. The first-order valence-corrected chi connectivity index (χ1v) is 11.2. The van der Waals surface area contributed by atoms with Gasteiger partial charge in [-0.3, -0.25) is 4.79 Å². The number of aromatic nitrogens is 1. The number of sulfonamides is 1. The predicted octanol–water partition coefficient (Wildman–Crippen LogP) is 1.67. The van der Waals surface area contributed by atoms with Gasteiger partial charge in [0, 0.05) is 31.6 Å². The molecule has 164 valence electrons. The second kappa shape index (κ2) is 8.52. The molecule has 1 aromatic carbocycles. The van der Waals surface area contributed by atoms with Gasteiger partial charge in [0.2, 0.25) is 16.8 Å². The van der Waals surface area contributed by atoms with Crippen LogP contribution < -0.4 is 0 Å². The van der Waals surface area contributed by atoms with Gasteiger partial charge in [0.1, 0.15) is 5.69 Å². The average molecular weight is 447 g/mol. The highest BCUT2D eigenvalue weighted by Gasteiger charge is 2.33. The fourth-order valence-electron chi connectivity index (χ4n) is 3.40. The van der Waals surface area contributed by atoms with Crippen LogP contribution in [0.1, 0.15) is 23.2 Å². The molecule has 1 saturated heterocycles. The van der Waals surface area contributed by atoms with E-state index >= 15 is 0 Å². The van der Waals surface area contributed by atoms with Crippen molar-refractivity contribution in [2.75, 3.05) is 32.8 Å². The number of carbonyl (C=O) groups is 2. The van der Waals surface area contributed by atoms with Gasteiger partial charge in [-0.25, -0.2) is 13.2 Å². The molecule has 0 bridgehead atoms. The number of fused-ring (bicyclic) bond motifs is 1. The molecular formula is C20H21N3O7S. The maximum absolute atomic E-state index is 12.8. The Hall–Kier alpha value is -3.18. The normalized spacial score (nSPS) is 15.3. The van der Waals surface area contributed by atoms with Crippen LogP contribution in [0.4, 0.5) is 0 Å². The zero-order valence-electron chi connectivity index (χ0n) is 16.8. The SMILES string of the molecule is CCOC(=O)c1ccc(S(=O)(=O)N2CCN(C(=O)Cc3noc4ccccc34)CC2)o1. The summed E-state index contributed by atoms with van der Waals surface area (Å²) >= 11 is 0. The lowest BCUT2D eigenvalue weighted by Gasteiger charge is -2.33. The zero-order chi connectivity index (χ0) is 22.0. The first-order chi connectivity index (χ1) is 14.9. The highest BCUT2D eigenvalue weighted by Crippen LogP contribution is 2.22. The Morgan fingerprint density at radius 1 is 1.10 bits per heavy atom. The summed E-state index contributed by atoms with van der Waals surface area (Å²) in [5.74, 6) is -1.05. The quantitative estimate of drug-likeness (QED) is 0.523. The minimum absolute atomic E-state index is 0.0743. The van der Waals surface area contributed by atoms with Gasteiger partial charge in [-0.05, 0) is 31.2 Å². The Morgan fingerprint density at radius 3 is 2.58 bits per heavy atom. The Labute approximate surface area is 178 Å². The Balaban J connectivity index is 1.38. The molecule has 0 saturated carbocycles. The highest BCUT2D eigenvalue weighted by molar-refractivity contribution is 7.89. The van der Waals surface area contributed by atoms with E-state index in [2.05, 4.69) is 5.16 Å². The third kappa shape index (κ3) is 4.19. The fourth-order valence-corrected chi connectivity index (χ4v) is 4.73. The van der Waals surface area contributed by atoms with Gasteiger partial charge in [-0.15, -0.1) is 0 Å². The van der Waals surface area contributed by atoms with Crippen molar-refractivity contribution in [2.45, 2.75) is 18.4 Å². The Morgan fingerprint density at radius 2 is 1.84 bits per heavy atom. The van der Waals surface area contributed by atoms with E-state index < -0.39 is 16.0 Å². The second-order valence-electron chi connectivity index (χ2n) is 6.93. The van der Waals surface area contributed by atoms with Crippen LogP contribution in [0.2, 0.25) is 0 Å². The lowest BCUT2D eigenvalue weighted by molar-refractivity contribution is -0.131. The van der Waals surface area contributed by atoms with E-state index in [9.17, 15) is 18.0 Å². The van der Waals surface area contributed by atoms with Crippen LogP contribution in [0.5, 0.6) is 0 Å². The maximum atomic E-state index is 12.8. The highest BCUT2D eigenvalue weighted by atomic mass is 32.2. The molecule has 0 aliphatic carbocycles. The molecule has 0 radical (unpaired) electrons. The minimum atomic E-state index is -3.92. The Bertz CT molecular complexity index is 1210. The van der Waals surface area contributed by atoms with Crippen molar-refractivity contribution in [1.82, 2.24) is 14.4 Å². The van der Waals surface area contributed by atoms with Crippen molar-refractivity contribution in [3.05, 3.63) is 47.9 Å². The number of hydrogen-bond donors (Lipinski definition) is 0. The van der Waals surface area contributed by atoms with Crippen molar-refractivity contribution >= 4 is 32.9 Å². The van der Waals surface area contributed by atoms with Gasteiger partial charge in [0.05, 0.1) is 13.0 Å². The van der Waals surface area contributed by atoms with Crippen LogP contribution in [0, 0.1) is 0 Å². The molecule has 1 aliphatic rings. The molecule has 0 atom stereocenters. The van der Waals surface area contributed by atoms with E-state index in [1.165, 1.54) is 16.4 Å². The van der Waals surface area contributed by atoms with Gasteiger partial charge in [-0.1, -0.05) is 17.3 Å². The largest absolute Gasteiger partial charge is 0.460 e. The van der Waals surface area contributed by atoms with E-state index in [-0.39, 0.29) is 56.0 Å². The number of ether oxygens (including phenoxy) is 1. The summed E-state index contributed by atoms with van der Waals surface area (Å²) < 4.78 is 42.1. The minimum Gasteiger partial charge on any atom is -0.460 e. The Kier molecular flexibility index (Phi) is 5.79. The number of amides is 1. The first-order valence-electron chi connectivity index (χ1n) is 9.78. The molecule has 3 heterocycles. The lowest BCUT2D eigenvalue weighted by atomic mass is 10.1. The van der Waals surface area contributed by atoms with E-state index in [1.54, 1.807) is 17.9 Å². The topological polar surface area (TPSA) is 123 Å². The number of hydrogen-bond acceptors (Lipinski definition) is 8. The van der Waals surface area contributed by atoms with E-state index in [4.69, 9.17) is 13.7 Å². The number of furan rings is 1. The molecule has 11 heteroatoms. The van der Waals surface area contributed by atoms with Crippen LogP contribution in [0.15, 0.2) is 50.4 Å². The monoisotopic (exact) mass is 447 g/mol. The lowest BCUT2D eigenvalue weighted by Crippen LogP contribution is -2.50. The van der Waals surface area contributed by atoms with Gasteiger partial charge in [0.15, 0.2) is 5.58 Å². The van der Waals surface area contributed by atoms with Crippen molar-refractivity contribution in [2.24, 2.45) is 0 Å². The summed E-state index contributed by atoms with van der Waals surface area (Å²) in [6.45, 7) is 2.50. The van der Waals surface area contributed by atoms with Gasteiger partial charge in [-0.2, -0.15) is 4.31 Å². The number of benzene rings is 1. The van der Waals surface area contributed by atoms with Gasteiger partial charge in [0.25, 0.3) is 10.0 Å². The smallest absolute Gasteiger partial charge is 0.374 e. The fraction of sp³-hybridized carbons (Fsp3) is 0.350. The molecule has 2 aromatic heterocycles. The number of esters is 1. The third-order valence-corrected chi connectivity index (χ3v) is 6.79. The summed E-state index contributed by atoms with van der Waals surface area (Å²) in [5, 5.41) is 4.43. The summed E-state index contributed by atoms with van der Waals surface area (Å²) in [6, 6.07) is 9.79. The standard InChI is InChI=1S/C20H21N3O7S/c1-2-28-20(25)17-7-8-19(29-17)31(26,27)23-11-9-22(10-12-23)18(24)13-15-14-5-3-4-6-16(14)30-21-15/h3-8H,2,9-13H2,1H3. The van der Waals surface area contributed by atoms with Crippen LogP contribution in [0.3, 0.4) is 0 Å². The molecule has 0 N–H and O–H groups in total. The van der Waals surface area contributed by atoms with Crippen LogP contribution in [0.25, 0.3) is 11.0 Å². The van der Waals surface area contributed by atoms with E-state index in [1.807, 2.05) is 18.2 Å². The molecule has 3 aromatic rings. The molecule has 1 fully saturated rings. The molecule has 10 nitrogen and oxygen atoms in total. The molecule has 0 spiro atoms. The number of nitrogens with zero attached hydrogens (tertiary/aromatic N) is 3. The first kappa shape index (κ1) is 21.1. The third-order valence-electron chi connectivity index (χ3n) is 5.01. The van der Waals surface area contributed by atoms with Crippen molar-refractivity contribution in [1.29, 1.82) is 0 Å². The summed E-state index contributed by atoms with van der Waals surface area (Å²) in [6.07, 6.45) is 0.0743. The summed E-state index contributed by atoms with van der Waals surface area (Å²) in [5.41, 5.74) is 1.17. The molecule has 1 aliphatic heterocycles. The number of para-hydroxylation sites is 1. The summed E-state index contributed by atoms with van der Waals surface area (Å²) in [7, 11) is -3.92. The molecule has 0 unspecified atom stereocenters. The molecule has 1 amide bonds. The zero-order valence-corrected chi connectivity index (χ0v) is 17.6. The number of piperazine rings is 1. The summed E-state index contributed by atoms with van der Waals surface area (Å²) in [4.78, 5) is 26.0. The van der Waals surface area contributed by atoms with Crippen LogP contribution in [-0.4, -0.2) is 67.4 Å². The van der Waals surface area contributed by atoms with E-state index in [0.717, 1.165) is 5.39 Å². The van der Waals surface area contributed by atoms with Crippen LogP contribution >= 0.6 is 0 Å². The molecule has 31 heavy (non-hydrogen) atoms. The van der Waals surface area contributed by atoms with Gasteiger partial charge < -0.3 is 18.6 Å².